The minimum Gasteiger partial charge on any atom is -0.458 e. The fraction of sp³-hybridized carbons (Fsp3) is 0.123. The zero-order valence-corrected chi connectivity index (χ0v) is 80.0. The summed E-state index contributed by atoms with van der Waals surface area (Å²) in [5.41, 5.74) is 42.1. The van der Waals surface area contributed by atoms with Gasteiger partial charge in [0.05, 0.1) is 33.4 Å². The molecule has 4 aliphatic heterocycles. The normalized spacial score (nSPS) is 13.1. The summed E-state index contributed by atoms with van der Waals surface area (Å²) < 4.78 is 20.5. The first-order valence-corrected chi connectivity index (χ1v) is 48.7. The van der Waals surface area contributed by atoms with Gasteiger partial charge < -0.3 is 28.4 Å². The Bertz CT molecular complexity index is 7990. The minimum atomic E-state index is -0.352. The number of nitrogens with zero attached hydrogens (tertiary/aromatic N) is 4. The highest BCUT2D eigenvalue weighted by Crippen LogP contribution is 2.55. The Morgan fingerprint density at radius 2 is 0.522 bits per heavy atom. The van der Waals surface area contributed by atoms with Crippen LogP contribution >= 0.6 is 0 Å². The average molecular weight is 1780 g/mol. The van der Waals surface area contributed by atoms with Gasteiger partial charge in [-0.1, -0.05) is 362 Å². The van der Waals surface area contributed by atoms with E-state index in [-0.39, 0.29) is 35.1 Å². The average Bonchev–Trinajstić information content (AvgIpc) is 0.785. The Labute approximate surface area is 809 Å². The van der Waals surface area contributed by atoms with Crippen molar-refractivity contribution in [2.75, 3.05) is 9.80 Å². The molecule has 0 atom stereocenters. The molecule has 138 heavy (non-hydrogen) atoms. The molecule has 0 unspecified atom stereocenters. The van der Waals surface area contributed by atoms with Gasteiger partial charge in [0, 0.05) is 72.3 Å². The fourth-order valence-electron chi connectivity index (χ4n) is 22.5. The van der Waals surface area contributed by atoms with E-state index in [1.807, 2.05) is 0 Å². The maximum atomic E-state index is 7.86. The Kier molecular flexibility index (Phi) is 19.4. The maximum Gasteiger partial charge on any atom is 0.260 e. The second-order valence-corrected chi connectivity index (χ2v) is 42.3. The van der Waals surface area contributed by atoms with Gasteiger partial charge in [0.2, 0.25) is 0 Å². The van der Waals surface area contributed by atoms with Crippen molar-refractivity contribution in [3.8, 4) is 123 Å². The zero-order chi connectivity index (χ0) is 93.5. The van der Waals surface area contributed by atoms with Crippen LogP contribution in [0.15, 0.2) is 413 Å². The van der Waals surface area contributed by atoms with Crippen molar-refractivity contribution in [1.82, 2.24) is 9.13 Å². The second-order valence-electron chi connectivity index (χ2n) is 42.3. The monoisotopic (exact) mass is 1770 g/mol. The standard InChI is InChI=1S/C130H104B2N4O2/c1-127(2,3)92-53-64-112-102(75-92)103-76-93(128(4,5)6)54-65-113(103)133(112)96-57-60-106-116(79-96)135(110-62-51-87(81-34-19-13-20-35-81)68-100(110)85-42-27-17-28-43-85)118-70-90(91-73-122-126-123(74-91)138-121-72-89(50-59-109(121)132(126)108-48-31-32-49-120(108)137-122)124-98(83-38-23-15-24-39-83)46-33-47-99(124)84-40-25-16-26-41-84)71-119-125(118)131(106)107-61-58-97(134-114-66-55-94(129(7,8)9)77-104(114)105-78-95(130(10,11)12)56-67-115(105)134)80-117(107)136(119)111-63-52-88(82-36-21-14-22-37-82)69-101(111)86-44-29-18-30-45-86/h13-80H,1-12H3. The first-order chi connectivity index (χ1) is 66.9. The molecule has 0 aliphatic carbocycles. The lowest BCUT2D eigenvalue weighted by Crippen LogP contribution is -2.61. The lowest BCUT2D eigenvalue weighted by molar-refractivity contribution is 0.465. The Morgan fingerprint density at radius 1 is 0.196 bits per heavy atom. The SMILES string of the molecule is CC(C)(C)c1ccc2c(c1)c1cc(C(C)(C)C)ccc1n2-c1ccc2c(c1)N(c1ccc(-c3ccccc3)cc1-c1ccccc1)c1cc(-c3cc4c5c(c3)Oc3cc(-c6c(-c7ccccc7)cccc6-c6ccccc6)ccc3B5c3ccccc3O4)cc3c1B2c1ccc(-n2c4ccc(C(C)(C)C)cc4c4cc(C(C)(C)C)ccc42)cc1N3c1ccc(-c2ccccc2)cc1-c1ccccc1. The number of aromatic nitrogens is 2. The summed E-state index contributed by atoms with van der Waals surface area (Å²) >= 11 is 0. The Balaban J connectivity index is 0.806. The highest BCUT2D eigenvalue weighted by Gasteiger charge is 2.47. The lowest BCUT2D eigenvalue weighted by atomic mass is 9.33. The lowest BCUT2D eigenvalue weighted by Gasteiger charge is -2.45. The summed E-state index contributed by atoms with van der Waals surface area (Å²) in [6.45, 7) is 27.4. The first-order valence-electron chi connectivity index (χ1n) is 48.7. The third kappa shape index (κ3) is 13.9. The van der Waals surface area contributed by atoms with E-state index in [1.165, 1.54) is 60.2 Å². The van der Waals surface area contributed by atoms with Crippen molar-refractivity contribution in [3.05, 3.63) is 435 Å². The molecule has 0 saturated carbocycles. The van der Waals surface area contributed by atoms with E-state index in [0.29, 0.717) is 0 Å². The first kappa shape index (κ1) is 83.9. The molecule has 21 aromatic rings. The van der Waals surface area contributed by atoms with E-state index >= 15 is 0 Å². The molecular formula is C130H104B2N4O2. The third-order valence-electron chi connectivity index (χ3n) is 29.7. The number of fused-ring (bicyclic) bond motifs is 14. The van der Waals surface area contributed by atoms with E-state index in [4.69, 9.17) is 9.47 Å². The smallest absolute Gasteiger partial charge is 0.260 e. The molecule has 4 aliphatic rings. The predicted molar refractivity (Wildman–Crippen MR) is 585 cm³/mol. The summed E-state index contributed by atoms with van der Waals surface area (Å²) in [6.07, 6.45) is 0. The number of ether oxygens (including phenoxy) is 2. The molecule has 0 bridgehead atoms. The molecule has 6 nitrogen and oxygen atoms in total. The van der Waals surface area contributed by atoms with Gasteiger partial charge in [0.15, 0.2) is 0 Å². The van der Waals surface area contributed by atoms with Crippen molar-refractivity contribution in [2.45, 2.75) is 105 Å². The summed E-state index contributed by atoms with van der Waals surface area (Å²) in [6, 6.07) is 156. The topological polar surface area (TPSA) is 34.8 Å². The van der Waals surface area contributed by atoms with E-state index in [0.717, 1.165) is 196 Å². The molecule has 662 valence electrons. The quantitative estimate of drug-likeness (QED) is 0.114. The van der Waals surface area contributed by atoms with Crippen LogP contribution in [0, 0.1) is 0 Å². The number of hydrogen-bond donors (Lipinski definition) is 0. The number of para-hydroxylation sites is 1. The van der Waals surface area contributed by atoms with Gasteiger partial charge in [-0.3, -0.25) is 0 Å². The summed E-state index contributed by atoms with van der Waals surface area (Å²) in [7, 11) is 0. The van der Waals surface area contributed by atoms with Crippen LogP contribution in [0.4, 0.5) is 34.1 Å². The van der Waals surface area contributed by atoms with Gasteiger partial charge >= 0.3 is 0 Å². The van der Waals surface area contributed by atoms with Gasteiger partial charge in [-0.15, -0.1) is 0 Å². The molecule has 0 N–H and O–H groups in total. The van der Waals surface area contributed by atoms with Crippen LogP contribution in [0.25, 0.3) is 144 Å². The van der Waals surface area contributed by atoms with Crippen LogP contribution in [0.1, 0.15) is 105 Å². The van der Waals surface area contributed by atoms with E-state index in [9.17, 15) is 0 Å². The number of benzene rings is 19. The molecule has 2 aromatic heterocycles. The number of rotatable bonds is 12. The second kappa shape index (κ2) is 31.9. The summed E-state index contributed by atoms with van der Waals surface area (Å²) in [4.78, 5) is 5.33. The molecular weight excluding hydrogens is 1670 g/mol. The van der Waals surface area contributed by atoms with Gasteiger partial charge in [-0.25, -0.2) is 0 Å². The molecule has 0 radical (unpaired) electrons. The van der Waals surface area contributed by atoms with Crippen LogP contribution in [0.5, 0.6) is 23.0 Å². The van der Waals surface area contributed by atoms with Crippen molar-refractivity contribution >= 4 is 124 Å². The molecule has 8 heteroatoms. The molecule has 0 spiro atoms. The van der Waals surface area contributed by atoms with Crippen LogP contribution in [0.2, 0.25) is 0 Å². The molecule has 0 amide bonds. The van der Waals surface area contributed by atoms with E-state index in [2.05, 4.69) is 515 Å². The number of hydrogen-bond acceptors (Lipinski definition) is 4. The highest BCUT2D eigenvalue weighted by molar-refractivity contribution is 7.00. The molecule has 6 heterocycles. The highest BCUT2D eigenvalue weighted by atomic mass is 16.5. The van der Waals surface area contributed by atoms with Gasteiger partial charge in [-0.2, -0.15) is 0 Å². The van der Waals surface area contributed by atoms with Gasteiger partial charge in [0.1, 0.15) is 23.0 Å². The third-order valence-corrected chi connectivity index (χ3v) is 29.7. The Morgan fingerprint density at radius 3 is 0.920 bits per heavy atom. The largest absolute Gasteiger partial charge is 0.458 e. The van der Waals surface area contributed by atoms with Crippen molar-refractivity contribution in [1.29, 1.82) is 0 Å². The maximum absolute atomic E-state index is 7.86. The molecule has 0 fully saturated rings. The minimum absolute atomic E-state index is 0.102. The summed E-state index contributed by atoms with van der Waals surface area (Å²) in [5, 5.41) is 4.94. The van der Waals surface area contributed by atoms with Crippen molar-refractivity contribution in [2.24, 2.45) is 0 Å². The van der Waals surface area contributed by atoms with E-state index in [1.54, 1.807) is 0 Å². The summed E-state index contributed by atoms with van der Waals surface area (Å²) in [5.74, 6) is 3.11. The van der Waals surface area contributed by atoms with Crippen LogP contribution in [0.3, 0.4) is 0 Å². The van der Waals surface area contributed by atoms with Gasteiger partial charge in [0.25, 0.3) is 13.4 Å². The van der Waals surface area contributed by atoms with Gasteiger partial charge in [-0.05, 0) is 283 Å². The van der Waals surface area contributed by atoms with Crippen molar-refractivity contribution < 1.29 is 9.47 Å². The van der Waals surface area contributed by atoms with Crippen LogP contribution in [-0.4, -0.2) is 22.6 Å². The molecule has 19 aromatic carbocycles. The predicted octanol–water partition coefficient (Wildman–Crippen LogP) is 31.2. The fourth-order valence-corrected chi connectivity index (χ4v) is 22.5. The Hall–Kier alpha value is -15.9. The van der Waals surface area contributed by atoms with Crippen LogP contribution in [-0.2, 0) is 21.7 Å². The molecule has 25 rings (SSSR count). The van der Waals surface area contributed by atoms with E-state index < -0.39 is 0 Å². The van der Waals surface area contributed by atoms with Crippen LogP contribution < -0.4 is 52.1 Å². The number of anilines is 6. The zero-order valence-electron chi connectivity index (χ0n) is 80.0. The van der Waals surface area contributed by atoms with Crippen molar-refractivity contribution in [3.63, 3.8) is 0 Å². The molecule has 0 saturated heterocycles.